The lowest BCUT2D eigenvalue weighted by atomic mass is 10.1. The molecule has 5 heteroatoms. The zero-order valence-corrected chi connectivity index (χ0v) is 13.0. The molecule has 1 N–H and O–H groups in total. The molecular formula is C15H16ClFN2S. The van der Waals surface area contributed by atoms with Gasteiger partial charge in [-0.05, 0) is 44.9 Å². The van der Waals surface area contributed by atoms with Gasteiger partial charge in [0, 0.05) is 21.5 Å². The van der Waals surface area contributed by atoms with E-state index in [9.17, 15) is 4.39 Å². The Balaban J connectivity index is 2.02. The predicted molar refractivity (Wildman–Crippen MR) is 81.0 cm³/mol. The summed E-state index contributed by atoms with van der Waals surface area (Å²) in [6.07, 6.45) is 2.28. The second kappa shape index (κ2) is 5.43. The van der Waals surface area contributed by atoms with Gasteiger partial charge in [-0.2, -0.15) is 0 Å². The summed E-state index contributed by atoms with van der Waals surface area (Å²) in [7, 11) is 0. The van der Waals surface area contributed by atoms with Crippen LogP contribution in [-0.2, 0) is 0 Å². The Morgan fingerprint density at radius 1 is 1.40 bits per heavy atom. The molecule has 20 heavy (non-hydrogen) atoms. The molecule has 0 aliphatic heterocycles. The average molecular weight is 311 g/mol. The summed E-state index contributed by atoms with van der Waals surface area (Å²) < 4.78 is 14.2. The van der Waals surface area contributed by atoms with Crippen molar-refractivity contribution in [3.63, 3.8) is 0 Å². The zero-order valence-electron chi connectivity index (χ0n) is 11.4. The number of thiazole rings is 1. The van der Waals surface area contributed by atoms with Crippen molar-refractivity contribution in [3.05, 3.63) is 50.2 Å². The van der Waals surface area contributed by atoms with Gasteiger partial charge in [-0.1, -0.05) is 11.6 Å². The molecule has 1 heterocycles. The van der Waals surface area contributed by atoms with Crippen molar-refractivity contribution in [1.82, 2.24) is 10.3 Å². The SMILES string of the molecule is Cc1nc(C(NC2CC2)c2cc(Cl)ccc2F)sc1C. The average Bonchev–Trinajstić information content (AvgIpc) is 3.16. The fourth-order valence-corrected chi connectivity index (χ4v) is 3.32. The Labute approximate surface area is 127 Å². The summed E-state index contributed by atoms with van der Waals surface area (Å²) in [5.74, 6) is -0.238. The summed E-state index contributed by atoms with van der Waals surface area (Å²) in [6, 6.07) is 4.95. The monoisotopic (exact) mass is 310 g/mol. The highest BCUT2D eigenvalue weighted by Gasteiger charge is 2.29. The van der Waals surface area contributed by atoms with E-state index in [1.54, 1.807) is 23.5 Å². The minimum Gasteiger partial charge on any atom is -0.301 e. The Bertz CT molecular complexity index is 617. The summed E-state index contributed by atoms with van der Waals surface area (Å²) in [4.78, 5) is 5.76. The van der Waals surface area contributed by atoms with Crippen molar-refractivity contribution in [2.24, 2.45) is 0 Å². The van der Waals surface area contributed by atoms with Gasteiger partial charge in [-0.3, -0.25) is 0 Å². The largest absolute Gasteiger partial charge is 0.301 e. The molecule has 1 aliphatic carbocycles. The third-order valence-corrected chi connectivity index (χ3v) is 4.91. The first-order valence-corrected chi connectivity index (χ1v) is 7.89. The number of benzene rings is 1. The van der Waals surface area contributed by atoms with E-state index in [2.05, 4.69) is 10.3 Å². The molecule has 1 saturated carbocycles. The molecule has 0 amide bonds. The number of hydrogen-bond donors (Lipinski definition) is 1. The van der Waals surface area contributed by atoms with Crippen LogP contribution in [0.3, 0.4) is 0 Å². The molecule has 1 unspecified atom stereocenters. The molecule has 0 spiro atoms. The molecule has 1 atom stereocenters. The van der Waals surface area contributed by atoms with E-state index in [0.717, 1.165) is 23.5 Å². The fourth-order valence-electron chi connectivity index (χ4n) is 2.14. The van der Waals surface area contributed by atoms with E-state index in [-0.39, 0.29) is 11.9 Å². The van der Waals surface area contributed by atoms with Crippen molar-refractivity contribution >= 4 is 22.9 Å². The summed E-state index contributed by atoms with van der Waals surface area (Å²) >= 11 is 7.64. The smallest absolute Gasteiger partial charge is 0.128 e. The fraction of sp³-hybridized carbons (Fsp3) is 0.400. The second-order valence-corrected chi connectivity index (χ2v) is 6.90. The van der Waals surface area contributed by atoms with Gasteiger partial charge in [0.05, 0.1) is 11.7 Å². The summed E-state index contributed by atoms with van der Waals surface area (Å²) in [5.41, 5.74) is 1.59. The van der Waals surface area contributed by atoms with Crippen molar-refractivity contribution < 1.29 is 4.39 Å². The van der Waals surface area contributed by atoms with Crippen LogP contribution in [0, 0.1) is 19.7 Å². The zero-order chi connectivity index (χ0) is 14.3. The molecule has 3 rings (SSSR count). The molecular weight excluding hydrogens is 295 g/mol. The molecule has 1 aromatic carbocycles. The standard InChI is InChI=1S/C15H16ClFN2S/c1-8-9(2)20-15(18-8)14(19-11-4-5-11)12-7-10(16)3-6-13(12)17/h3,6-7,11,14,19H,4-5H2,1-2H3. The van der Waals surface area contributed by atoms with Gasteiger partial charge in [0.15, 0.2) is 0 Å². The Morgan fingerprint density at radius 2 is 2.15 bits per heavy atom. The van der Waals surface area contributed by atoms with Gasteiger partial charge in [-0.15, -0.1) is 11.3 Å². The van der Waals surface area contributed by atoms with Gasteiger partial charge in [0.1, 0.15) is 10.8 Å². The Hall–Kier alpha value is -0.970. The first kappa shape index (κ1) is 14.0. The van der Waals surface area contributed by atoms with E-state index in [1.165, 1.54) is 10.9 Å². The van der Waals surface area contributed by atoms with E-state index >= 15 is 0 Å². The number of hydrogen-bond acceptors (Lipinski definition) is 3. The maximum atomic E-state index is 14.2. The molecule has 2 aromatic rings. The Kier molecular flexibility index (Phi) is 3.80. The van der Waals surface area contributed by atoms with Gasteiger partial charge >= 0.3 is 0 Å². The van der Waals surface area contributed by atoms with Crippen molar-refractivity contribution in [2.45, 2.75) is 38.8 Å². The van der Waals surface area contributed by atoms with Crippen LogP contribution in [0.15, 0.2) is 18.2 Å². The maximum Gasteiger partial charge on any atom is 0.128 e. The van der Waals surface area contributed by atoms with E-state index in [1.807, 2.05) is 13.8 Å². The normalized spacial score (nSPS) is 16.4. The van der Waals surface area contributed by atoms with Gasteiger partial charge in [0.2, 0.25) is 0 Å². The highest BCUT2D eigenvalue weighted by Crippen LogP contribution is 2.34. The number of aromatic nitrogens is 1. The van der Waals surface area contributed by atoms with Gasteiger partial charge in [-0.25, -0.2) is 9.37 Å². The van der Waals surface area contributed by atoms with E-state index in [4.69, 9.17) is 11.6 Å². The lowest BCUT2D eigenvalue weighted by molar-refractivity contribution is 0.544. The van der Waals surface area contributed by atoms with Crippen LogP contribution in [0.1, 0.15) is 40.0 Å². The summed E-state index contributed by atoms with van der Waals surface area (Å²) in [5, 5.41) is 4.94. The van der Waals surface area contributed by atoms with Crippen LogP contribution < -0.4 is 5.32 Å². The number of rotatable bonds is 4. The van der Waals surface area contributed by atoms with E-state index in [0.29, 0.717) is 16.6 Å². The second-order valence-electron chi connectivity index (χ2n) is 5.23. The van der Waals surface area contributed by atoms with Crippen LogP contribution in [0.2, 0.25) is 5.02 Å². The minimum atomic E-state index is -0.238. The molecule has 0 bridgehead atoms. The van der Waals surface area contributed by atoms with Gasteiger partial charge in [0.25, 0.3) is 0 Å². The molecule has 0 saturated heterocycles. The predicted octanol–water partition coefficient (Wildman–Crippen LogP) is 4.39. The van der Waals surface area contributed by atoms with E-state index < -0.39 is 0 Å². The molecule has 106 valence electrons. The number of nitrogens with one attached hydrogen (secondary N) is 1. The molecule has 1 fully saturated rings. The third kappa shape index (κ3) is 2.87. The first-order chi connectivity index (χ1) is 9.54. The van der Waals surface area contributed by atoms with Gasteiger partial charge < -0.3 is 5.32 Å². The number of halogens is 2. The van der Waals surface area contributed by atoms with Crippen LogP contribution in [0.5, 0.6) is 0 Å². The molecule has 0 radical (unpaired) electrons. The third-order valence-electron chi connectivity index (χ3n) is 3.54. The maximum absolute atomic E-state index is 14.2. The molecule has 1 aromatic heterocycles. The van der Waals surface area contributed by atoms with Crippen LogP contribution >= 0.6 is 22.9 Å². The Morgan fingerprint density at radius 3 is 2.75 bits per heavy atom. The molecule has 2 nitrogen and oxygen atoms in total. The van der Waals surface area contributed by atoms with Crippen molar-refractivity contribution in [3.8, 4) is 0 Å². The summed E-state index contributed by atoms with van der Waals surface area (Å²) in [6.45, 7) is 4.02. The topological polar surface area (TPSA) is 24.9 Å². The molecule has 1 aliphatic rings. The first-order valence-electron chi connectivity index (χ1n) is 6.69. The van der Waals surface area contributed by atoms with Crippen LogP contribution in [0.4, 0.5) is 4.39 Å². The highest BCUT2D eigenvalue weighted by atomic mass is 35.5. The van der Waals surface area contributed by atoms with Crippen molar-refractivity contribution in [1.29, 1.82) is 0 Å². The minimum absolute atomic E-state index is 0.210. The lowest BCUT2D eigenvalue weighted by Gasteiger charge is -2.17. The van der Waals surface area contributed by atoms with Crippen LogP contribution in [-0.4, -0.2) is 11.0 Å². The van der Waals surface area contributed by atoms with Crippen LogP contribution in [0.25, 0.3) is 0 Å². The number of nitrogens with zero attached hydrogens (tertiary/aromatic N) is 1. The quantitative estimate of drug-likeness (QED) is 0.905. The lowest BCUT2D eigenvalue weighted by Crippen LogP contribution is -2.25. The van der Waals surface area contributed by atoms with Crippen molar-refractivity contribution in [2.75, 3.05) is 0 Å². The number of aryl methyl sites for hydroxylation is 2. The highest BCUT2D eigenvalue weighted by molar-refractivity contribution is 7.11.